The van der Waals surface area contributed by atoms with Gasteiger partial charge in [0.05, 0.1) is 13.7 Å². The van der Waals surface area contributed by atoms with Crippen molar-refractivity contribution in [2.75, 3.05) is 20.3 Å². The molecule has 0 radical (unpaired) electrons. The van der Waals surface area contributed by atoms with Gasteiger partial charge in [0.2, 0.25) is 5.91 Å². The molecule has 0 aliphatic carbocycles. The molecule has 3 N–H and O–H groups in total. The summed E-state index contributed by atoms with van der Waals surface area (Å²) >= 11 is 0. The lowest BCUT2D eigenvalue weighted by atomic mass is 10.1. The molecule has 2 amide bonds. The number of ether oxygens (including phenoxy) is 1. The minimum absolute atomic E-state index is 0.0799. The largest absolute Gasteiger partial charge is 0.497 e. The number of nitrogens with one attached hydrogen (secondary N) is 2. The van der Waals surface area contributed by atoms with Crippen molar-refractivity contribution in [2.24, 2.45) is 0 Å². The smallest absolute Gasteiger partial charge is 0.267 e. The van der Waals surface area contributed by atoms with E-state index in [-0.39, 0.29) is 18.8 Å². The molecule has 0 heterocycles. The molecule has 0 spiro atoms. The van der Waals surface area contributed by atoms with Crippen LogP contribution in [0.2, 0.25) is 0 Å². The second-order valence-corrected chi connectivity index (χ2v) is 5.54. The molecule has 0 saturated heterocycles. The Morgan fingerprint density at radius 3 is 2.37 bits per heavy atom. The Labute approximate surface area is 158 Å². The van der Waals surface area contributed by atoms with Crippen LogP contribution in [0.4, 0.5) is 0 Å². The van der Waals surface area contributed by atoms with E-state index in [4.69, 9.17) is 9.84 Å². The molecule has 6 nitrogen and oxygen atoms in total. The van der Waals surface area contributed by atoms with Crippen molar-refractivity contribution in [3.8, 4) is 5.75 Å². The number of benzene rings is 2. The molecule has 27 heavy (non-hydrogen) atoms. The molecule has 0 unspecified atom stereocenters. The Balaban J connectivity index is 2.15. The molecule has 0 atom stereocenters. The lowest BCUT2D eigenvalue weighted by Crippen LogP contribution is -2.35. The highest BCUT2D eigenvalue weighted by molar-refractivity contribution is 6.04. The van der Waals surface area contributed by atoms with Gasteiger partial charge in [-0.1, -0.05) is 42.5 Å². The summed E-state index contributed by atoms with van der Waals surface area (Å²) in [4.78, 5) is 24.5. The van der Waals surface area contributed by atoms with Crippen LogP contribution in [0.5, 0.6) is 5.75 Å². The van der Waals surface area contributed by atoms with Gasteiger partial charge in [-0.2, -0.15) is 0 Å². The van der Waals surface area contributed by atoms with E-state index in [1.54, 1.807) is 43.5 Å². The number of carbonyl (C=O) groups is 2. The van der Waals surface area contributed by atoms with E-state index >= 15 is 0 Å². The molecule has 0 aliphatic rings. The first-order valence-corrected chi connectivity index (χ1v) is 8.41. The SMILES string of the molecule is COc1ccc(/C=C(\NC(=O)/C=C/c2ccccc2)C(=O)NCCO)cc1. The van der Waals surface area contributed by atoms with Crippen LogP contribution >= 0.6 is 0 Å². The molecular weight excluding hydrogens is 344 g/mol. The Kier molecular flexibility index (Phi) is 7.81. The molecular formula is C21H22N2O4. The molecule has 140 valence electrons. The third kappa shape index (κ3) is 6.80. The molecule has 2 aromatic rings. The number of hydrogen-bond acceptors (Lipinski definition) is 4. The van der Waals surface area contributed by atoms with E-state index in [0.717, 1.165) is 11.1 Å². The maximum Gasteiger partial charge on any atom is 0.267 e. The van der Waals surface area contributed by atoms with Crippen LogP contribution in [0, 0.1) is 0 Å². The minimum atomic E-state index is -0.485. The summed E-state index contributed by atoms with van der Waals surface area (Å²) in [6.45, 7) is -0.0993. The first-order chi connectivity index (χ1) is 13.1. The van der Waals surface area contributed by atoms with Crippen molar-refractivity contribution < 1.29 is 19.4 Å². The zero-order chi connectivity index (χ0) is 19.5. The summed E-state index contributed by atoms with van der Waals surface area (Å²) in [5, 5.41) is 14.0. The molecule has 0 saturated carbocycles. The van der Waals surface area contributed by atoms with E-state index < -0.39 is 11.8 Å². The molecule has 6 heteroatoms. The van der Waals surface area contributed by atoms with Gasteiger partial charge in [0, 0.05) is 12.6 Å². The van der Waals surface area contributed by atoms with Gasteiger partial charge in [-0.05, 0) is 35.4 Å². The Morgan fingerprint density at radius 1 is 1.04 bits per heavy atom. The van der Waals surface area contributed by atoms with Gasteiger partial charge < -0.3 is 20.5 Å². The van der Waals surface area contributed by atoms with Crippen LogP contribution in [-0.2, 0) is 9.59 Å². The topological polar surface area (TPSA) is 87.7 Å². The number of carbonyl (C=O) groups excluding carboxylic acids is 2. The lowest BCUT2D eigenvalue weighted by molar-refractivity contribution is -0.121. The Hall–Kier alpha value is -3.38. The summed E-state index contributed by atoms with van der Waals surface area (Å²) in [5.41, 5.74) is 1.67. The monoisotopic (exact) mass is 366 g/mol. The zero-order valence-electron chi connectivity index (χ0n) is 15.0. The van der Waals surface area contributed by atoms with Crippen molar-refractivity contribution in [2.45, 2.75) is 0 Å². The molecule has 2 rings (SSSR count). The number of aliphatic hydroxyl groups is 1. The summed E-state index contributed by atoms with van der Waals surface area (Å²) in [6.07, 6.45) is 4.57. The highest BCUT2D eigenvalue weighted by atomic mass is 16.5. The maximum atomic E-state index is 12.3. The van der Waals surface area contributed by atoms with Crippen LogP contribution in [0.1, 0.15) is 11.1 Å². The fraction of sp³-hybridized carbons (Fsp3) is 0.143. The normalized spacial score (nSPS) is 11.3. The molecule has 0 aliphatic heterocycles. The van der Waals surface area contributed by atoms with Crippen molar-refractivity contribution in [3.63, 3.8) is 0 Å². The number of amides is 2. The second-order valence-electron chi connectivity index (χ2n) is 5.54. The number of rotatable bonds is 8. The second kappa shape index (κ2) is 10.6. The van der Waals surface area contributed by atoms with Crippen LogP contribution in [0.3, 0.4) is 0 Å². The Morgan fingerprint density at radius 2 is 1.74 bits per heavy atom. The predicted octanol–water partition coefficient (Wildman–Crippen LogP) is 1.97. The van der Waals surface area contributed by atoms with E-state index in [1.807, 2.05) is 30.3 Å². The zero-order valence-corrected chi connectivity index (χ0v) is 15.0. The standard InChI is InChI=1S/C21H22N2O4/c1-27-18-10-7-17(8-11-18)15-19(21(26)22-13-14-24)23-20(25)12-9-16-5-3-2-4-6-16/h2-12,15,24H,13-14H2,1H3,(H,22,26)(H,23,25)/b12-9+,19-15-. The molecule has 2 aromatic carbocycles. The van der Waals surface area contributed by atoms with Gasteiger partial charge in [0.25, 0.3) is 5.91 Å². The minimum Gasteiger partial charge on any atom is -0.497 e. The van der Waals surface area contributed by atoms with E-state index in [1.165, 1.54) is 6.08 Å². The summed E-state index contributed by atoms with van der Waals surface area (Å²) in [7, 11) is 1.57. The quantitative estimate of drug-likeness (QED) is 0.624. The summed E-state index contributed by atoms with van der Waals surface area (Å²) < 4.78 is 5.11. The van der Waals surface area contributed by atoms with Crippen LogP contribution in [0.15, 0.2) is 66.4 Å². The van der Waals surface area contributed by atoms with Gasteiger partial charge in [0.1, 0.15) is 11.4 Å². The third-order valence-electron chi connectivity index (χ3n) is 3.55. The van der Waals surface area contributed by atoms with E-state index in [2.05, 4.69) is 10.6 Å². The average molecular weight is 366 g/mol. The van der Waals surface area contributed by atoms with Gasteiger partial charge >= 0.3 is 0 Å². The van der Waals surface area contributed by atoms with Gasteiger partial charge in [-0.15, -0.1) is 0 Å². The molecule has 0 fully saturated rings. The number of hydrogen-bond donors (Lipinski definition) is 3. The highest BCUT2D eigenvalue weighted by Crippen LogP contribution is 2.13. The summed E-state index contributed by atoms with van der Waals surface area (Å²) in [5.74, 6) is -0.229. The van der Waals surface area contributed by atoms with Crippen molar-refractivity contribution in [1.29, 1.82) is 0 Å². The number of aliphatic hydroxyl groups excluding tert-OH is 1. The molecule has 0 aromatic heterocycles. The predicted molar refractivity (Wildman–Crippen MR) is 105 cm³/mol. The van der Waals surface area contributed by atoms with Crippen LogP contribution < -0.4 is 15.4 Å². The highest BCUT2D eigenvalue weighted by Gasteiger charge is 2.11. The van der Waals surface area contributed by atoms with Gasteiger partial charge in [0.15, 0.2) is 0 Å². The van der Waals surface area contributed by atoms with Crippen molar-refractivity contribution >= 4 is 24.0 Å². The van der Waals surface area contributed by atoms with Crippen molar-refractivity contribution in [3.05, 3.63) is 77.5 Å². The fourth-order valence-electron chi connectivity index (χ4n) is 2.20. The lowest BCUT2D eigenvalue weighted by Gasteiger charge is -2.09. The fourth-order valence-corrected chi connectivity index (χ4v) is 2.20. The maximum absolute atomic E-state index is 12.3. The van der Waals surface area contributed by atoms with Crippen molar-refractivity contribution in [1.82, 2.24) is 10.6 Å². The average Bonchev–Trinajstić information content (AvgIpc) is 2.71. The summed E-state index contributed by atoms with van der Waals surface area (Å²) in [6, 6.07) is 16.4. The van der Waals surface area contributed by atoms with Gasteiger partial charge in [-0.3, -0.25) is 9.59 Å². The number of methoxy groups -OCH3 is 1. The first kappa shape index (κ1) is 19.9. The van der Waals surface area contributed by atoms with Crippen LogP contribution in [-0.4, -0.2) is 37.2 Å². The van der Waals surface area contributed by atoms with E-state index in [0.29, 0.717) is 5.75 Å². The first-order valence-electron chi connectivity index (χ1n) is 8.41. The van der Waals surface area contributed by atoms with Crippen LogP contribution in [0.25, 0.3) is 12.2 Å². The van der Waals surface area contributed by atoms with E-state index in [9.17, 15) is 9.59 Å². The third-order valence-corrected chi connectivity index (χ3v) is 3.55. The van der Waals surface area contributed by atoms with Gasteiger partial charge in [-0.25, -0.2) is 0 Å². The Bertz CT molecular complexity index is 812. The molecule has 0 bridgehead atoms.